The smallest absolute Gasteiger partial charge is 0.368 e. The van der Waals surface area contributed by atoms with Crippen molar-refractivity contribution in [3.63, 3.8) is 0 Å². The molecule has 0 bridgehead atoms. The van der Waals surface area contributed by atoms with Crippen molar-refractivity contribution in [3.8, 4) is 0 Å². The number of guanidine groups is 1. The van der Waals surface area contributed by atoms with E-state index in [9.17, 15) is 18.0 Å². The third-order valence-corrected chi connectivity index (χ3v) is 4.64. The standard InChI is InChI=1S/C19H25F3N8O.HI/c1-3-23-18(26-8-7-25-17-15(19(20,21)22)5-4-6-24-17)29-9-10-30(16(31)13-29)14-11-27-28(2)12-14;/h4-6,11-12H,3,7-10,13H2,1-2H3,(H,23,26)(H,24,25);1H. The lowest BCUT2D eigenvalue weighted by Crippen LogP contribution is -2.55. The Morgan fingerprint density at radius 1 is 1.31 bits per heavy atom. The van der Waals surface area contributed by atoms with Crippen LogP contribution in [-0.4, -0.2) is 70.8 Å². The highest BCUT2D eigenvalue weighted by atomic mass is 127. The Balaban J connectivity index is 0.00000363. The van der Waals surface area contributed by atoms with Crippen molar-refractivity contribution in [2.75, 3.05) is 49.5 Å². The Bertz CT molecular complexity index is 933. The SMILES string of the molecule is CCNC(=NCCNc1ncccc1C(F)(F)F)N1CCN(c2cnn(C)c2)C(=O)C1.I. The molecule has 0 aliphatic carbocycles. The molecule has 3 rings (SSSR count). The predicted octanol–water partition coefficient (Wildman–Crippen LogP) is 2.18. The Kier molecular flexibility index (Phi) is 9.09. The number of hydrogen-bond donors (Lipinski definition) is 2. The van der Waals surface area contributed by atoms with Crippen LogP contribution in [0.3, 0.4) is 0 Å². The van der Waals surface area contributed by atoms with Gasteiger partial charge in [0.2, 0.25) is 5.91 Å². The number of carbonyl (C=O) groups excluding carboxylic acids is 1. The van der Waals surface area contributed by atoms with Crippen LogP contribution in [0.25, 0.3) is 0 Å². The molecule has 1 saturated heterocycles. The number of aromatic nitrogens is 3. The molecular formula is C19H26F3IN8O. The molecule has 0 spiro atoms. The van der Waals surface area contributed by atoms with E-state index in [1.165, 1.54) is 12.3 Å². The van der Waals surface area contributed by atoms with Crippen LogP contribution in [0.4, 0.5) is 24.7 Å². The van der Waals surface area contributed by atoms with Gasteiger partial charge in [-0.15, -0.1) is 24.0 Å². The second-order valence-electron chi connectivity index (χ2n) is 6.90. The van der Waals surface area contributed by atoms with Crippen LogP contribution in [-0.2, 0) is 18.0 Å². The molecule has 2 aromatic heterocycles. The summed E-state index contributed by atoms with van der Waals surface area (Å²) in [6, 6.07) is 2.23. The predicted molar refractivity (Wildman–Crippen MR) is 126 cm³/mol. The number of pyridine rings is 1. The molecule has 1 aliphatic rings. The maximum atomic E-state index is 13.1. The van der Waals surface area contributed by atoms with Gasteiger partial charge in [0.1, 0.15) is 12.4 Å². The van der Waals surface area contributed by atoms with Crippen molar-refractivity contribution < 1.29 is 18.0 Å². The van der Waals surface area contributed by atoms with E-state index >= 15 is 0 Å². The summed E-state index contributed by atoms with van der Waals surface area (Å²) in [5, 5.41) is 9.92. The first-order valence-electron chi connectivity index (χ1n) is 9.88. The molecule has 13 heteroatoms. The minimum absolute atomic E-state index is 0. The van der Waals surface area contributed by atoms with Crippen molar-refractivity contribution >= 4 is 47.3 Å². The number of nitrogens with zero attached hydrogens (tertiary/aromatic N) is 6. The van der Waals surface area contributed by atoms with E-state index in [0.29, 0.717) is 25.6 Å². The topological polar surface area (TPSA) is 90.7 Å². The van der Waals surface area contributed by atoms with Gasteiger partial charge in [0, 0.05) is 45.6 Å². The zero-order valence-electron chi connectivity index (χ0n) is 17.8. The molecule has 2 N–H and O–H groups in total. The van der Waals surface area contributed by atoms with Crippen LogP contribution in [0.15, 0.2) is 35.7 Å². The second kappa shape index (κ2) is 11.3. The number of carbonyl (C=O) groups is 1. The van der Waals surface area contributed by atoms with Gasteiger partial charge in [-0.2, -0.15) is 18.3 Å². The Hall–Kier alpha value is -2.58. The largest absolute Gasteiger partial charge is 0.419 e. The lowest BCUT2D eigenvalue weighted by atomic mass is 10.2. The summed E-state index contributed by atoms with van der Waals surface area (Å²) in [5.41, 5.74) is -0.0721. The van der Waals surface area contributed by atoms with Crippen molar-refractivity contribution in [1.82, 2.24) is 25.0 Å². The highest BCUT2D eigenvalue weighted by molar-refractivity contribution is 14.0. The fourth-order valence-electron chi connectivity index (χ4n) is 3.21. The summed E-state index contributed by atoms with van der Waals surface area (Å²) >= 11 is 0. The highest BCUT2D eigenvalue weighted by Crippen LogP contribution is 2.33. The fraction of sp³-hybridized carbons (Fsp3) is 0.474. The monoisotopic (exact) mass is 566 g/mol. The summed E-state index contributed by atoms with van der Waals surface area (Å²) in [5.74, 6) is 0.238. The number of nitrogens with one attached hydrogen (secondary N) is 2. The van der Waals surface area contributed by atoms with Gasteiger partial charge < -0.3 is 20.4 Å². The summed E-state index contributed by atoms with van der Waals surface area (Å²) in [4.78, 5) is 24.3. The van der Waals surface area contributed by atoms with Crippen LogP contribution >= 0.6 is 24.0 Å². The molecule has 9 nitrogen and oxygen atoms in total. The summed E-state index contributed by atoms with van der Waals surface area (Å²) in [6.07, 6.45) is 0.248. The van der Waals surface area contributed by atoms with Gasteiger partial charge in [-0.3, -0.25) is 14.5 Å². The third-order valence-electron chi connectivity index (χ3n) is 4.64. The number of hydrogen-bond acceptors (Lipinski definition) is 5. The van der Waals surface area contributed by atoms with Crippen molar-refractivity contribution in [2.45, 2.75) is 13.1 Å². The molecule has 32 heavy (non-hydrogen) atoms. The lowest BCUT2D eigenvalue weighted by molar-refractivity contribution is -0.137. The molecule has 0 unspecified atom stereocenters. The number of alkyl halides is 3. The van der Waals surface area contributed by atoms with E-state index in [0.717, 1.165) is 11.8 Å². The van der Waals surface area contributed by atoms with Gasteiger partial charge in [-0.1, -0.05) is 0 Å². The number of halogens is 4. The van der Waals surface area contributed by atoms with Gasteiger partial charge in [0.25, 0.3) is 0 Å². The van der Waals surface area contributed by atoms with Crippen molar-refractivity contribution in [1.29, 1.82) is 0 Å². The van der Waals surface area contributed by atoms with Crippen LogP contribution in [0.2, 0.25) is 0 Å². The first-order valence-corrected chi connectivity index (χ1v) is 9.88. The second-order valence-corrected chi connectivity index (χ2v) is 6.90. The molecule has 176 valence electrons. The van der Waals surface area contributed by atoms with E-state index in [2.05, 4.69) is 25.7 Å². The molecule has 3 heterocycles. The molecule has 0 saturated carbocycles. The maximum absolute atomic E-state index is 13.1. The zero-order chi connectivity index (χ0) is 22.4. The number of rotatable bonds is 6. The first-order chi connectivity index (χ1) is 14.8. The lowest BCUT2D eigenvalue weighted by Gasteiger charge is -2.35. The van der Waals surface area contributed by atoms with E-state index in [1.54, 1.807) is 29.0 Å². The molecule has 0 radical (unpaired) electrons. The molecule has 0 aromatic carbocycles. The van der Waals surface area contributed by atoms with Gasteiger partial charge in [-0.05, 0) is 19.1 Å². The minimum atomic E-state index is -4.48. The molecule has 1 amide bonds. The van der Waals surface area contributed by atoms with Gasteiger partial charge in [0.15, 0.2) is 5.96 Å². The summed E-state index contributed by atoms with van der Waals surface area (Å²) < 4.78 is 40.8. The summed E-state index contributed by atoms with van der Waals surface area (Å²) in [6.45, 7) is 4.08. The highest BCUT2D eigenvalue weighted by Gasteiger charge is 2.34. The van der Waals surface area contributed by atoms with E-state index < -0.39 is 11.7 Å². The average molecular weight is 566 g/mol. The van der Waals surface area contributed by atoms with E-state index in [4.69, 9.17) is 0 Å². The van der Waals surface area contributed by atoms with Crippen molar-refractivity contribution in [3.05, 3.63) is 36.3 Å². The zero-order valence-corrected chi connectivity index (χ0v) is 20.1. The minimum Gasteiger partial charge on any atom is -0.368 e. The quantitative estimate of drug-likeness (QED) is 0.241. The maximum Gasteiger partial charge on any atom is 0.419 e. The molecular weight excluding hydrogens is 540 g/mol. The van der Waals surface area contributed by atoms with Crippen LogP contribution in [0.5, 0.6) is 0 Å². The number of aliphatic imine (C=N–C) groups is 1. The molecule has 0 atom stereocenters. The van der Waals surface area contributed by atoms with Crippen LogP contribution in [0, 0.1) is 0 Å². The van der Waals surface area contributed by atoms with E-state index in [-0.39, 0.29) is 55.3 Å². The van der Waals surface area contributed by atoms with Gasteiger partial charge in [-0.25, -0.2) is 4.98 Å². The van der Waals surface area contributed by atoms with Crippen LogP contribution in [0.1, 0.15) is 12.5 Å². The first kappa shape index (κ1) is 25.7. The fourth-order valence-corrected chi connectivity index (χ4v) is 3.21. The number of piperazine rings is 1. The van der Waals surface area contributed by atoms with Crippen LogP contribution < -0.4 is 15.5 Å². The van der Waals surface area contributed by atoms with Crippen molar-refractivity contribution in [2.24, 2.45) is 12.0 Å². The molecule has 2 aromatic rings. The Morgan fingerprint density at radius 3 is 2.72 bits per heavy atom. The van der Waals surface area contributed by atoms with E-state index in [1.807, 2.05) is 11.8 Å². The number of aryl methyl sites for hydroxylation is 1. The normalized spacial score (nSPS) is 14.9. The molecule has 1 aliphatic heterocycles. The van der Waals surface area contributed by atoms with Gasteiger partial charge in [0.05, 0.1) is 24.0 Å². The number of anilines is 2. The third kappa shape index (κ3) is 6.46. The average Bonchev–Trinajstić information content (AvgIpc) is 3.15. The Labute approximate surface area is 201 Å². The molecule has 1 fully saturated rings. The Morgan fingerprint density at radius 2 is 2.09 bits per heavy atom. The number of amides is 1. The van der Waals surface area contributed by atoms with Gasteiger partial charge >= 0.3 is 6.18 Å². The summed E-state index contributed by atoms with van der Waals surface area (Å²) in [7, 11) is 1.79.